The highest BCUT2D eigenvalue weighted by atomic mass is 127. The van der Waals surface area contributed by atoms with Crippen LogP contribution in [0.3, 0.4) is 0 Å². The molecule has 0 aliphatic rings. The van der Waals surface area contributed by atoms with Crippen molar-refractivity contribution >= 4 is 53.2 Å². The minimum absolute atomic E-state index is 0.128. The van der Waals surface area contributed by atoms with Crippen LogP contribution in [0.4, 0.5) is 4.39 Å². The first-order valence-electron chi connectivity index (χ1n) is 5.09. The molecule has 0 radical (unpaired) electrons. The minimum atomic E-state index is -4.07. The van der Waals surface area contributed by atoms with Crippen molar-refractivity contribution in [3.8, 4) is 5.75 Å². The van der Waals surface area contributed by atoms with Crippen LogP contribution in [0.1, 0.15) is 6.92 Å². The van der Waals surface area contributed by atoms with Gasteiger partial charge in [0.15, 0.2) is 0 Å². The molecular weight excluding hydrogens is 408 g/mol. The van der Waals surface area contributed by atoms with Crippen LogP contribution >= 0.6 is 33.3 Å². The van der Waals surface area contributed by atoms with E-state index in [1.54, 1.807) is 0 Å². The zero-order valence-electron chi connectivity index (χ0n) is 9.77. The quantitative estimate of drug-likeness (QED) is 0.438. The third-order valence-electron chi connectivity index (χ3n) is 2.03. The van der Waals surface area contributed by atoms with Gasteiger partial charge in [-0.15, -0.1) is 0 Å². The van der Waals surface area contributed by atoms with E-state index in [2.05, 4.69) is 34.5 Å². The average Bonchev–Trinajstić information content (AvgIpc) is 2.28. The lowest BCUT2D eigenvalue weighted by molar-refractivity contribution is 0.465. The van der Waals surface area contributed by atoms with Gasteiger partial charge in [0.25, 0.3) is 9.05 Å². The molecule has 0 aliphatic heterocycles. The van der Waals surface area contributed by atoms with Gasteiger partial charge in [0.2, 0.25) is 0 Å². The lowest BCUT2D eigenvalue weighted by Gasteiger charge is -2.04. The molecule has 0 atom stereocenters. The van der Waals surface area contributed by atoms with E-state index >= 15 is 0 Å². The molecule has 0 unspecified atom stereocenters. The lowest BCUT2D eigenvalue weighted by atomic mass is 10.2. The number of aromatic nitrogens is 1. The zero-order chi connectivity index (χ0) is 14.6. The van der Waals surface area contributed by atoms with E-state index in [0.717, 1.165) is 18.3 Å². The van der Waals surface area contributed by atoms with E-state index < -0.39 is 25.5 Å². The van der Waals surface area contributed by atoms with Crippen molar-refractivity contribution in [2.24, 2.45) is 0 Å². The van der Waals surface area contributed by atoms with Crippen molar-refractivity contribution in [2.45, 2.75) is 11.8 Å². The number of benzene rings is 1. The van der Waals surface area contributed by atoms with Gasteiger partial charge in [0.05, 0.1) is 11.7 Å². The van der Waals surface area contributed by atoms with E-state index in [1.165, 1.54) is 10.5 Å². The predicted molar refractivity (Wildman–Crippen MR) is 81.0 cm³/mol. The molecule has 4 nitrogen and oxygen atoms in total. The van der Waals surface area contributed by atoms with E-state index in [4.69, 9.17) is 10.7 Å². The molecule has 1 aromatic heterocycles. The largest absolute Gasteiger partial charge is 0.506 e. The van der Waals surface area contributed by atoms with Gasteiger partial charge in [-0.1, -0.05) is 29.5 Å². The summed E-state index contributed by atoms with van der Waals surface area (Å²) in [6.07, 6.45) is 0.888. The highest BCUT2D eigenvalue weighted by molar-refractivity contribution is 14.1. The molecule has 1 N–H and O–H groups in total. The number of hydrogen-bond donors (Lipinski definition) is 1. The maximum absolute atomic E-state index is 12.8. The Morgan fingerprint density at radius 3 is 2.58 bits per heavy atom. The van der Waals surface area contributed by atoms with Gasteiger partial charge in [-0.3, -0.25) is 4.98 Å². The standard InChI is InChI=1S/C9H5ClFNO3S.C2H5I/c10-16(14,15)8-4-12-7-3-5(11)1-2-6(7)9(8)13;1-2-3/h1-4H,(H,12,13);2H2,1H3. The Bertz CT molecular complexity index is 694. The number of hydrogen-bond acceptors (Lipinski definition) is 4. The molecule has 2 aromatic rings. The molecule has 2 rings (SSSR count). The molecular formula is C11H10ClFINO3S. The summed E-state index contributed by atoms with van der Waals surface area (Å²) < 4.78 is 36.2. The van der Waals surface area contributed by atoms with Gasteiger partial charge >= 0.3 is 0 Å². The monoisotopic (exact) mass is 417 g/mol. The maximum Gasteiger partial charge on any atom is 0.266 e. The molecule has 0 bridgehead atoms. The number of rotatable bonds is 1. The fraction of sp³-hybridized carbons (Fsp3) is 0.182. The van der Waals surface area contributed by atoms with Crippen LogP contribution in [0.15, 0.2) is 29.3 Å². The molecule has 0 saturated heterocycles. The summed E-state index contributed by atoms with van der Waals surface area (Å²) in [4.78, 5) is 3.21. The maximum atomic E-state index is 12.8. The van der Waals surface area contributed by atoms with Gasteiger partial charge in [-0.25, -0.2) is 12.8 Å². The van der Waals surface area contributed by atoms with E-state index in [-0.39, 0.29) is 10.9 Å². The average molecular weight is 418 g/mol. The van der Waals surface area contributed by atoms with Gasteiger partial charge in [0, 0.05) is 22.1 Å². The first-order chi connectivity index (χ1) is 8.81. The fourth-order valence-electron chi connectivity index (χ4n) is 1.31. The summed E-state index contributed by atoms with van der Waals surface area (Å²) in [5.41, 5.74) is 0.154. The van der Waals surface area contributed by atoms with E-state index in [1.807, 2.05) is 0 Å². The summed E-state index contributed by atoms with van der Waals surface area (Å²) in [5.74, 6) is -1.05. The normalized spacial score (nSPS) is 10.9. The molecule has 0 fully saturated rings. The van der Waals surface area contributed by atoms with Gasteiger partial charge in [0.1, 0.15) is 16.5 Å². The molecule has 1 heterocycles. The Hall–Kier alpha value is -0.670. The number of fused-ring (bicyclic) bond motifs is 1. The first kappa shape index (κ1) is 16.4. The third-order valence-corrected chi connectivity index (χ3v) is 3.35. The number of nitrogens with zero attached hydrogens (tertiary/aromatic N) is 1. The Morgan fingerprint density at radius 1 is 1.47 bits per heavy atom. The SMILES string of the molecule is CCI.O=S(=O)(Cl)c1cnc2cc(F)ccc2c1O. The summed E-state index contributed by atoms with van der Waals surface area (Å²) in [7, 11) is 1.02. The second-order valence-electron chi connectivity index (χ2n) is 3.34. The number of alkyl halides is 1. The zero-order valence-corrected chi connectivity index (χ0v) is 13.5. The third kappa shape index (κ3) is 4.15. The van der Waals surface area contributed by atoms with Gasteiger partial charge < -0.3 is 5.11 Å². The summed E-state index contributed by atoms with van der Waals surface area (Å²) in [6, 6.07) is 3.41. The fourth-order valence-corrected chi connectivity index (χ4v) is 2.17. The predicted octanol–water partition coefficient (Wildman–Crippen LogP) is 3.45. The molecule has 8 heteroatoms. The van der Waals surface area contributed by atoms with Gasteiger partial charge in [-0.2, -0.15) is 0 Å². The number of pyridine rings is 1. The Morgan fingerprint density at radius 2 is 2.05 bits per heavy atom. The van der Waals surface area contributed by atoms with Crippen molar-refractivity contribution in [1.82, 2.24) is 4.98 Å². The summed E-state index contributed by atoms with van der Waals surface area (Å²) in [6.45, 7) is 2.11. The van der Waals surface area contributed by atoms with Gasteiger partial charge in [-0.05, 0) is 16.6 Å². The molecule has 0 amide bonds. The Kier molecular flexibility index (Phi) is 5.75. The highest BCUT2D eigenvalue weighted by Gasteiger charge is 2.18. The highest BCUT2D eigenvalue weighted by Crippen LogP contribution is 2.32. The second kappa shape index (κ2) is 6.67. The van der Waals surface area contributed by atoms with Crippen LogP contribution in [-0.2, 0) is 9.05 Å². The Balaban J connectivity index is 0.000000550. The summed E-state index contributed by atoms with van der Waals surface area (Å²) in [5, 5.41) is 9.78. The van der Waals surface area contributed by atoms with Crippen LogP contribution in [0.2, 0.25) is 0 Å². The van der Waals surface area contributed by atoms with Crippen molar-refractivity contribution in [3.05, 3.63) is 30.2 Å². The van der Waals surface area contributed by atoms with Crippen LogP contribution in [0, 0.1) is 5.82 Å². The van der Waals surface area contributed by atoms with Crippen LogP contribution in [-0.4, -0.2) is 22.9 Å². The molecule has 0 spiro atoms. The molecule has 0 saturated carbocycles. The van der Waals surface area contributed by atoms with Crippen molar-refractivity contribution in [2.75, 3.05) is 4.43 Å². The second-order valence-corrected chi connectivity index (χ2v) is 7.40. The minimum Gasteiger partial charge on any atom is -0.506 e. The number of halogens is 3. The van der Waals surface area contributed by atoms with Crippen LogP contribution in [0.25, 0.3) is 10.9 Å². The summed E-state index contributed by atoms with van der Waals surface area (Å²) >= 11 is 2.29. The van der Waals surface area contributed by atoms with Crippen LogP contribution in [0.5, 0.6) is 5.75 Å². The number of aromatic hydroxyl groups is 1. The van der Waals surface area contributed by atoms with E-state index in [0.29, 0.717) is 0 Å². The first-order valence-corrected chi connectivity index (χ1v) is 8.92. The molecule has 0 aliphatic carbocycles. The van der Waals surface area contributed by atoms with Crippen molar-refractivity contribution in [3.63, 3.8) is 0 Å². The Labute approximate surface area is 128 Å². The molecule has 104 valence electrons. The van der Waals surface area contributed by atoms with Crippen molar-refractivity contribution in [1.29, 1.82) is 0 Å². The van der Waals surface area contributed by atoms with E-state index in [9.17, 15) is 17.9 Å². The smallest absolute Gasteiger partial charge is 0.266 e. The van der Waals surface area contributed by atoms with Crippen molar-refractivity contribution < 1.29 is 17.9 Å². The van der Waals surface area contributed by atoms with Crippen LogP contribution < -0.4 is 0 Å². The lowest BCUT2D eigenvalue weighted by Crippen LogP contribution is -1.94. The molecule has 19 heavy (non-hydrogen) atoms. The topological polar surface area (TPSA) is 67.3 Å². The molecule has 1 aromatic carbocycles.